The van der Waals surface area contributed by atoms with Gasteiger partial charge in [-0.2, -0.15) is 0 Å². The number of aryl methyl sites for hydroxylation is 1. The van der Waals surface area contributed by atoms with Crippen molar-refractivity contribution in [2.24, 2.45) is 0 Å². The summed E-state index contributed by atoms with van der Waals surface area (Å²) in [5, 5.41) is 1.22. The van der Waals surface area contributed by atoms with E-state index in [0.29, 0.717) is 5.92 Å². The molecule has 0 saturated carbocycles. The minimum absolute atomic E-state index is 0.610. The van der Waals surface area contributed by atoms with Crippen LogP contribution in [0.25, 0.3) is 0 Å². The molecular formula is C10H16N2S. The van der Waals surface area contributed by atoms with Gasteiger partial charge in [0.05, 0.1) is 5.69 Å². The molecule has 0 aromatic carbocycles. The Kier molecular flexibility index (Phi) is 2.63. The summed E-state index contributed by atoms with van der Waals surface area (Å²) in [6.45, 7) is 5.63. The van der Waals surface area contributed by atoms with E-state index in [1.807, 2.05) is 11.8 Å². The van der Waals surface area contributed by atoms with Gasteiger partial charge >= 0.3 is 0 Å². The van der Waals surface area contributed by atoms with Gasteiger partial charge in [-0.05, 0) is 18.8 Å². The van der Waals surface area contributed by atoms with E-state index in [-0.39, 0.29) is 0 Å². The highest BCUT2D eigenvalue weighted by atomic mass is 32.2. The zero-order valence-electron chi connectivity index (χ0n) is 8.29. The molecule has 0 N–H and O–H groups in total. The zero-order valence-corrected chi connectivity index (χ0v) is 9.10. The summed E-state index contributed by atoms with van der Waals surface area (Å²) in [4.78, 5) is 4.65. The highest BCUT2D eigenvalue weighted by Crippen LogP contribution is 2.27. The van der Waals surface area contributed by atoms with Gasteiger partial charge in [-0.3, -0.25) is 0 Å². The maximum Gasteiger partial charge on any atom is 0.168 e. The molecule has 13 heavy (non-hydrogen) atoms. The third-order valence-electron chi connectivity index (χ3n) is 2.65. The van der Waals surface area contributed by atoms with Gasteiger partial charge in [0.15, 0.2) is 5.16 Å². The van der Waals surface area contributed by atoms with E-state index < -0.39 is 0 Å². The molecule has 2 heterocycles. The molecule has 3 heteroatoms. The van der Waals surface area contributed by atoms with Crippen molar-refractivity contribution in [1.82, 2.24) is 9.55 Å². The Balaban J connectivity index is 2.25. The van der Waals surface area contributed by atoms with Gasteiger partial charge in [-0.25, -0.2) is 4.98 Å². The van der Waals surface area contributed by atoms with Crippen LogP contribution in [-0.2, 0) is 6.54 Å². The van der Waals surface area contributed by atoms with Gasteiger partial charge in [0.1, 0.15) is 0 Å². The van der Waals surface area contributed by atoms with Crippen molar-refractivity contribution in [3.63, 3.8) is 0 Å². The van der Waals surface area contributed by atoms with Crippen molar-refractivity contribution in [3.8, 4) is 0 Å². The molecule has 0 spiro atoms. The lowest BCUT2D eigenvalue weighted by molar-refractivity contribution is 0.607. The summed E-state index contributed by atoms with van der Waals surface area (Å²) >= 11 is 1.89. The summed E-state index contributed by atoms with van der Waals surface area (Å²) in [6.07, 6.45) is 4.70. The predicted octanol–water partition coefficient (Wildman–Crippen LogP) is 2.89. The molecule has 1 atom stereocenters. The summed E-state index contributed by atoms with van der Waals surface area (Å²) in [5.74, 6) is 1.84. The second-order valence-corrected chi connectivity index (χ2v) is 4.72. The van der Waals surface area contributed by atoms with Crippen LogP contribution in [0.3, 0.4) is 0 Å². The van der Waals surface area contributed by atoms with E-state index in [2.05, 4.69) is 29.6 Å². The SMILES string of the molecule is CCC(C)c1cn2c(n1)SCCC2. The molecule has 0 bridgehead atoms. The van der Waals surface area contributed by atoms with E-state index in [4.69, 9.17) is 0 Å². The van der Waals surface area contributed by atoms with Gasteiger partial charge in [-0.15, -0.1) is 0 Å². The third-order valence-corrected chi connectivity index (χ3v) is 3.73. The lowest BCUT2D eigenvalue weighted by Crippen LogP contribution is -2.05. The average molecular weight is 196 g/mol. The van der Waals surface area contributed by atoms with E-state index >= 15 is 0 Å². The summed E-state index contributed by atoms with van der Waals surface area (Å²) < 4.78 is 2.30. The fourth-order valence-corrected chi connectivity index (χ4v) is 2.47. The molecule has 1 aliphatic rings. The first kappa shape index (κ1) is 9.13. The number of imidazole rings is 1. The molecule has 0 saturated heterocycles. The lowest BCUT2D eigenvalue weighted by Gasteiger charge is -2.11. The fourth-order valence-electron chi connectivity index (χ4n) is 1.54. The summed E-state index contributed by atoms with van der Waals surface area (Å²) in [6, 6.07) is 0. The molecule has 0 radical (unpaired) electrons. The smallest absolute Gasteiger partial charge is 0.168 e. The molecule has 0 amide bonds. The molecule has 2 rings (SSSR count). The number of rotatable bonds is 2. The Morgan fingerprint density at radius 3 is 3.23 bits per heavy atom. The predicted molar refractivity (Wildman–Crippen MR) is 56.3 cm³/mol. The number of fused-ring (bicyclic) bond motifs is 1. The van der Waals surface area contributed by atoms with Crippen LogP contribution in [0.2, 0.25) is 0 Å². The molecule has 72 valence electrons. The topological polar surface area (TPSA) is 17.8 Å². The number of nitrogens with zero attached hydrogens (tertiary/aromatic N) is 2. The quantitative estimate of drug-likeness (QED) is 0.724. The van der Waals surface area contributed by atoms with Crippen LogP contribution in [0.15, 0.2) is 11.4 Å². The molecule has 1 aromatic heterocycles. The second-order valence-electron chi connectivity index (χ2n) is 3.65. The first-order valence-electron chi connectivity index (χ1n) is 5.01. The molecule has 1 aromatic rings. The monoisotopic (exact) mass is 196 g/mol. The lowest BCUT2D eigenvalue weighted by atomic mass is 10.1. The largest absolute Gasteiger partial charge is 0.326 e. The fraction of sp³-hybridized carbons (Fsp3) is 0.700. The van der Waals surface area contributed by atoms with E-state index in [1.54, 1.807) is 0 Å². The molecule has 2 nitrogen and oxygen atoms in total. The highest BCUT2D eigenvalue weighted by Gasteiger charge is 2.15. The average Bonchev–Trinajstić information content (AvgIpc) is 2.59. The number of hydrogen-bond acceptors (Lipinski definition) is 2. The van der Waals surface area contributed by atoms with E-state index in [0.717, 1.165) is 6.54 Å². The van der Waals surface area contributed by atoms with E-state index in [9.17, 15) is 0 Å². The molecule has 0 fully saturated rings. The Hall–Kier alpha value is -0.440. The van der Waals surface area contributed by atoms with Crippen LogP contribution in [0, 0.1) is 0 Å². The van der Waals surface area contributed by atoms with Crippen molar-refractivity contribution in [2.75, 3.05) is 5.75 Å². The van der Waals surface area contributed by atoms with Crippen molar-refractivity contribution in [2.45, 2.75) is 44.3 Å². The Morgan fingerprint density at radius 2 is 2.54 bits per heavy atom. The first-order valence-corrected chi connectivity index (χ1v) is 5.99. The maximum atomic E-state index is 4.65. The normalized spacial score (nSPS) is 18.3. The minimum atomic E-state index is 0.610. The first-order chi connectivity index (χ1) is 6.31. The third kappa shape index (κ3) is 1.75. The van der Waals surface area contributed by atoms with E-state index in [1.165, 1.54) is 29.4 Å². The van der Waals surface area contributed by atoms with Crippen LogP contribution >= 0.6 is 11.8 Å². The van der Waals surface area contributed by atoms with Crippen LogP contribution in [-0.4, -0.2) is 15.3 Å². The van der Waals surface area contributed by atoms with Gasteiger partial charge in [0.25, 0.3) is 0 Å². The van der Waals surface area contributed by atoms with Crippen molar-refractivity contribution in [1.29, 1.82) is 0 Å². The van der Waals surface area contributed by atoms with Crippen LogP contribution in [0.5, 0.6) is 0 Å². The van der Waals surface area contributed by atoms with Crippen LogP contribution < -0.4 is 0 Å². The molecule has 1 aliphatic heterocycles. The Morgan fingerprint density at radius 1 is 1.69 bits per heavy atom. The van der Waals surface area contributed by atoms with Crippen molar-refractivity contribution < 1.29 is 0 Å². The minimum Gasteiger partial charge on any atom is -0.326 e. The second kappa shape index (κ2) is 3.74. The van der Waals surface area contributed by atoms with Crippen molar-refractivity contribution in [3.05, 3.63) is 11.9 Å². The maximum absolute atomic E-state index is 4.65. The van der Waals surface area contributed by atoms with Gasteiger partial charge < -0.3 is 4.57 Å². The summed E-state index contributed by atoms with van der Waals surface area (Å²) in [7, 11) is 0. The number of aromatic nitrogens is 2. The van der Waals surface area contributed by atoms with Gasteiger partial charge in [0.2, 0.25) is 0 Å². The molecule has 1 unspecified atom stereocenters. The highest BCUT2D eigenvalue weighted by molar-refractivity contribution is 7.99. The van der Waals surface area contributed by atoms with Crippen molar-refractivity contribution >= 4 is 11.8 Å². The standard InChI is InChI=1S/C10H16N2S/c1-3-8(2)9-7-12-5-4-6-13-10(12)11-9/h7-8H,3-6H2,1-2H3. The Bertz CT molecular complexity index is 270. The van der Waals surface area contributed by atoms with Gasteiger partial charge in [-0.1, -0.05) is 25.6 Å². The zero-order chi connectivity index (χ0) is 9.26. The van der Waals surface area contributed by atoms with Crippen LogP contribution in [0.1, 0.15) is 38.3 Å². The van der Waals surface area contributed by atoms with Gasteiger partial charge in [0, 0.05) is 18.5 Å². The number of thioether (sulfide) groups is 1. The molecular weight excluding hydrogens is 180 g/mol. The Labute approximate surface area is 83.7 Å². The summed E-state index contributed by atoms with van der Waals surface area (Å²) in [5.41, 5.74) is 1.27. The molecule has 0 aliphatic carbocycles. The number of hydrogen-bond donors (Lipinski definition) is 0. The van der Waals surface area contributed by atoms with Crippen LogP contribution in [0.4, 0.5) is 0 Å².